The Labute approximate surface area is 79.1 Å². The van der Waals surface area contributed by atoms with Crippen LogP contribution in [0.25, 0.3) is 0 Å². The van der Waals surface area contributed by atoms with Crippen molar-refractivity contribution < 1.29 is 14.6 Å². The zero-order valence-corrected chi connectivity index (χ0v) is 8.38. The van der Waals surface area contributed by atoms with Crippen LogP contribution in [0.2, 0.25) is 0 Å². The summed E-state index contributed by atoms with van der Waals surface area (Å²) in [4.78, 5) is 10.7. The SMILES string of the molecule is CC(C)(O)CCCC1CCC(=O)O1. The minimum absolute atomic E-state index is 0.0757. The van der Waals surface area contributed by atoms with Crippen LogP contribution in [0.1, 0.15) is 46.0 Å². The zero-order valence-electron chi connectivity index (χ0n) is 8.38. The molecule has 1 unspecified atom stereocenters. The second kappa shape index (κ2) is 4.09. The minimum Gasteiger partial charge on any atom is -0.462 e. The molecule has 1 atom stereocenters. The first-order valence-electron chi connectivity index (χ1n) is 4.89. The van der Waals surface area contributed by atoms with Gasteiger partial charge in [0.05, 0.1) is 5.60 Å². The van der Waals surface area contributed by atoms with E-state index in [-0.39, 0.29) is 12.1 Å². The van der Waals surface area contributed by atoms with Gasteiger partial charge < -0.3 is 9.84 Å². The number of rotatable bonds is 4. The van der Waals surface area contributed by atoms with E-state index in [4.69, 9.17) is 4.74 Å². The molecule has 0 saturated carbocycles. The summed E-state index contributed by atoms with van der Waals surface area (Å²) in [6.07, 6.45) is 4.09. The molecule has 0 aromatic rings. The first-order valence-corrected chi connectivity index (χ1v) is 4.89. The number of aliphatic hydroxyl groups is 1. The van der Waals surface area contributed by atoms with Gasteiger partial charge in [-0.25, -0.2) is 0 Å². The van der Waals surface area contributed by atoms with E-state index in [1.54, 1.807) is 13.8 Å². The molecule has 0 spiro atoms. The number of carbonyl (C=O) groups excluding carboxylic acids is 1. The third-order valence-corrected chi connectivity index (χ3v) is 2.28. The Balaban J connectivity index is 2.10. The van der Waals surface area contributed by atoms with Gasteiger partial charge in [-0.15, -0.1) is 0 Å². The smallest absolute Gasteiger partial charge is 0.306 e. The van der Waals surface area contributed by atoms with Crippen molar-refractivity contribution in [3.63, 3.8) is 0 Å². The van der Waals surface area contributed by atoms with Gasteiger partial charge in [0.25, 0.3) is 0 Å². The van der Waals surface area contributed by atoms with Crippen molar-refractivity contribution in [3.8, 4) is 0 Å². The van der Waals surface area contributed by atoms with Gasteiger partial charge in [-0.1, -0.05) is 0 Å². The fraction of sp³-hybridized carbons (Fsp3) is 0.900. The topological polar surface area (TPSA) is 46.5 Å². The van der Waals surface area contributed by atoms with E-state index in [0.717, 1.165) is 25.7 Å². The zero-order chi connectivity index (χ0) is 9.90. The quantitative estimate of drug-likeness (QED) is 0.679. The predicted molar refractivity (Wildman–Crippen MR) is 49.3 cm³/mol. The first-order chi connectivity index (χ1) is 5.97. The summed E-state index contributed by atoms with van der Waals surface area (Å²) in [5, 5.41) is 9.44. The average molecular weight is 186 g/mol. The highest BCUT2D eigenvalue weighted by Crippen LogP contribution is 2.21. The van der Waals surface area contributed by atoms with Gasteiger partial charge in [0.1, 0.15) is 6.10 Å². The molecule has 0 aromatic carbocycles. The van der Waals surface area contributed by atoms with Crippen molar-refractivity contribution in [1.82, 2.24) is 0 Å². The van der Waals surface area contributed by atoms with Crippen molar-refractivity contribution in [3.05, 3.63) is 0 Å². The Kier molecular flexibility index (Phi) is 3.31. The number of carbonyl (C=O) groups is 1. The third-order valence-electron chi connectivity index (χ3n) is 2.28. The summed E-state index contributed by atoms with van der Waals surface area (Å²) >= 11 is 0. The summed E-state index contributed by atoms with van der Waals surface area (Å²) in [5.74, 6) is -0.0757. The van der Waals surface area contributed by atoms with Gasteiger partial charge in [0.15, 0.2) is 0 Å². The van der Waals surface area contributed by atoms with Gasteiger partial charge in [0.2, 0.25) is 0 Å². The Hall–Kier alpha value is -0.570. The van der Waals surface area contributed by atoms with E-state index in [9.17, 15) is 9.90 Å². The van der Waals surface area contributed by atoms with Gasteiger partial charge >= 0.3 is 5.97 Å². The third kappa shape index (κ3) is 4.27. The Morgan fingerprint density at radius 1 is 1.62 bits per heavy atom. The minimum atomic E-state index is -0.595. The lowest BCUT2D eigenvalue weighted by Crippen LogP contribution is -2.19. The van der Waals surface area contributed by atoms with Crippen LogP contribution in [0.4, 0.5) is 0 Å². The molecule has 3 nitrogen and oxygen atoms in total. The van der Waals surface area contributed by atoms with Crippen LogP contribution < -0.4 is 0 Å². The molecule has 0 aliphatic carbocycles. The molecule has 1 aliphatic rings. The highest BCUT2D eigenvalue weighted by Gasteiger charge is 2.23. The van der Waals surface area contributed by atoms with E-state index >= 15 is 0 Å². The maximum atomic E-state index is 10.7. The molecule has 1 saturated heterocycles. The van der Waals surface area contributed by atoms with Crippen LogP contribution in [-0.2, 0) is 9.53 Å². The molecule has 0 radical (unpaired) electrons. The van der Waals surface area contributed by atoms with Crippen molar-refractivity contribution in [2.24, 2.45) is 0 Å². The standard InChI is InChI=1S/C10H18O3/c1-10(2,12)7-3-4-8-5-6-9(11)13-8/h8,12H,3-7H2,1-2H3. The summed E-state index contributed by atoms with van der Waals surface area (Å²) < 4.78 is 5.06. The molecule has 0 bridgehead atoms. The number of ether oxygens (including phenoxy) is 1. The molecule has 13 heavy (non-hydrogen) atoms. The van der Waals surface area contributed by atoms with Crippen molar-refractivity contribution in [1.29, 1.82) is 0 Å². The second-order valence-electron chi connectivity index (χ2n) is 4.36. The molecule has 1 heterocycles. The van der Waals surface area contributed by atoms with Crippen LogP contribution in [0.3, 0.4) is 0 Å². The lowest BCUT2D eigenvalue weighted by atomic mass is 9.99. The second-order valence-corrected chi connectivity index (χ2v) is 4.36. The first kappa shape index (κ1) is 10.5. The van der Waals surface area contributed by atoms with Crippen LogP contribution in [-0.4, -0.2) is 22.8 Å². The molecule has 1 N–H and O–H groups in total. The van der Waals surface area contributed by atoms with Crippen LogP contribution in [0.15, 0.2) is 0 Å². The fourth-order valence-electron chi connectivity index (χ4n) is 1.55. The summed E-state index contributed by atoms with van der Waals surface area (Å²) in [5.41, 5.74) is -0.595. The maximum absolute atomic E-state index is 10.7. The van der Waals surface area contributed by atoms with Gasteiger partial charge in [-0.05, 0) is 39.5 Å². The number of cyclic esters (lactones) is 1. The van der Waals surface area contributed by atoms with Crippen LogP contribution in [0.5, 0.6) is 0 Å². The lowest BCUT2D eigenvalue weighted by molar-refractivity contribution is -0.141. The highest BCUT2D eigenvalue weighted by atomic mass is 16.5. The predicted octanol–water partition coefficient (Wildman–Crippen LogP) is 1.63. The van der Waals surface area contributed by atoms with Crippen molar-refractivity contribution in [2.75, 3.05) is 0 Å². The van der Waals surface area contributed by atoms with Crippen LogP contribution >= 0.6 is 0 Å². The van der Waals surface area contributed by atoms with E-state index < -0.39 is 5.60 Å². The Bertz CT molecular complexity index is 181. The van der Waals surface area contributed by atoms with Gasteiger partial charge in [-0.2, -0.15) is 0 Å². The molecule has 76 valence electrons. The lowest BCUT2D eigenvalue weighted by Gasteiger charge is -2.17. The molecule has 1 rings (SSSR count). The maximum Gasteiger partial charge on any atom is 0.306 e. The van der Waals surface area contributed by atoms with E-state index in [0.29, 0.717) is 6.42 Å². The van der Waals surface area contributed by atoms with E-state index in [1.807, 2.05) is 0 Å². The number of hydrogen-bond donors (Lipinski definition) is 1. The van der Waals surface area contributed by atoms with E-state index in [2.05, 4.69) is 0 Å². The fourth-order valence-corrected chi connectivity index (χ4v) is 1.55. The molecule has 1 fully saturated rings. The Morgan fingerprint density at radius 2 is 2.31 bits per heavy atom. The van der Waals surface area contributed by atoms with Crippen LogP contribution in [0, 0.1) is 0 Å². The number of hydrogen-bond acceptors (Lipinski definition) is 3. The summed E-state index contributed by atoms with van der Waals surface area (Å²) in [7, 11) is 0. The number of esters is 1. The summed E-state index contributed by atoms with van der Waals surface area (Å²) in [6.45, 7) is 3.60. The van der Waals surface area contributed by atoms with Gasteiger partial charge in [0, 0.05) is 6.42 Å². The molecule has 3 heteroatoms. The Morgan fingerprint density at radius 3 is 2.77 bits per heavy atom. The molecular weight excluding hydrogens is 168 g/mol. The summed E-state index contributed by atoms with van der Waals surface area (Å²) in [6, 6.07) is 0. The monoisotopic (exact) mass is 186 g/mol. The van der Waals surface area contributed by atoms with Crippen molar-refractivity contribution in [2.45, 2.75) is 57.7 Å². The average Bonchev–Trinajstić information content (AvgIpc) is 2.33. The van der Waals surface area contributed by atoms with Gasteiger partial charge in [-0.3, -0.25) is 4.79 Å². The highest BCUT2D eigenvalue weighted by molar-refractivity contribution is 5.71. The normalized spacial score (nSPS) is 23.3. The molecular formula is C10H18O3. The van der Waals surface area contributed by atoms with E-state index in [1.165, 1.54) is 0 Å². The van der Waals surface area contributed by atoms with Crippen molar-refractivity contribution >= 4 is 5.97 Å². The molecule has 0 amide bonds. The molecule has 1 aliphatic heterocycles. The molecule has 0 aromatic heterocycles. The largest absolute Gasteiger partial charge is 0.462 e.